The first kappa shape index (κ1) is 19.2. The molecule has 0 aliphatic heterocycles. The maximum absolute atomic E-state index is 12.7. The third-order valence-corrected chi connectivity index (χ3v) is 5.67. The molecule has 1 saturated carbocycles. The average Bonchev–Trinajstić information content (AvgIpc) is 3.16. The van der Waals surface area contributed by atoms with Crippen LogP contribution in [-0.4, -0.2) is 26.2 Å². The number of rotatable bonds is 4. The van der Waals surface area contributed by atoms with Gasteiger partial charge in [0, 0.05) is 48.0 Å². The summed E-state index contributed by atoms with van der Waals surface area (Å²) in [7, 11) is 0. The summed E-state index contributed by atoms with van der Waals surface area (Å²) in [5, 5.41) is 9.69. The average molecular weight is 386 g/mol. The standard InChI is InChI=1S/C24H26N4O/c1-19-10-15-26-28(19)16-11-23(29)27-24(12-5-2-6-13-24)14-9-21-18-25-17-20-7-3-4-8-22(20)21/h3-4,7-8,10,15,17-18H,2,5-6,11-13,16H2,1H3,(H,27,29). The number of nitrogens with one attached hydrogen (secondary N) is 1. The molecule has 0 atom stereocenters. The molecule has 1 aliphatic carbocycles. The number of hydrogen-bond acceptors (Lipinski definition) is 3. The number of fused-ring (bicyclic) bond motifs is 1. The van der Waals surface area contributed by atoms with Crippen molar-refractivity contribution in [3.8, 4) is 11.8 Å². The van der Waals surface area contributed by atoms with Gasteiger partial charge in [0.1, 0.15) is 5.54 Å². The second kappa shape index (κ2) is 8.48. The van der Waals surface area contributed by atoms with Crippen molar-refractivity contribution in [3.05, 3.63) is 60.2 Å². The second-order valence-electron chi connectivity index (χ2n) is 7.79. The van der Waals surface area contributed by atoms with Gasteiger partial charge in [-0.3, -0.25) is 14.5 Å². The fourth-order valence-electron chi connectivity index (χ4n) is 4.01. The Morgan fingerprint density at radius 2 is 2.00 bits per heavy atom. The van der Waals surface area contributed by atoms with Gasteiger partial charge in [-0.25, -0.2) is 0 Å². The Bertz CT molecular complexity index is 1060. The summed E-state index contributed by atoms with van der Waals surface area (Å²) in [6.07, 6.45) is 11.0. The predicted molar refractivity (Wildman–Crippen MR) is 114 cm³/mol. The number of carbonyl (C=O) groups is 1. The van der Waals surface area contributed by atoms with Gasteiger partial charge in [0.25, 0.3) is 0 Å². The Balaban J connectivity index is 1.53. The van der Waals surface area contributed by atoms with Crippen LogP contribution in [0, 0.1) is 18.8 Å². The highest BCUT2D eigenvalue weighted by molar-refractivity contribution is 5.87. The highest BCUT2D eigenvalue weighted by atomic mass is 16.1. The Hall–Kier alpha value is -3.13. The van der Waals surface area contributed by atoms with E-state index in [-0.39, 0.29) is 5.91 Å². The van der Waals surface area contributed by atoms with Crippen molar-refractivity contribution < 1.29 is 4.79 Å². The lowest BCUT2D eigenvalue weighted by Crippen LogP contribution is -2.49. The third kappa shape index (κ3) is 4.48. The summed E-state index contributed by atoms with van der Waals surface area (Å²) in [5.74, 6) is 6.81. The summed E-state index contributed by atoms with van der Waals surface area (Å²) in [4.78, 5) is 17.0. The van der Waals surface area contributed by atoms with E-state index in [1.165, 1.54) is 6.42 Å². The number of amides is 1. The van der Waals surface area contributed by atoms with E-state index in [2.05, 4.69) is 33.3 Å². The van der Waals surface area contributed by atoms with Crippen molar-refractivity contribution >= 4 is 16.7 Å². The van der Waals surface area contributed by atoms with Crippen molar-refractivity contribution in [2.45, 2.75) is 57.5 Å². The van der Waals surface area contributed by atoms with Crippen molar-refractivity contribution in [2.24, 2.45) is 0 Å². The van der Waals surface area contributed by atoms with Crippen LogP contribution in [0.1, 0.15) is 49.8 Å². The van der Waals surface area contributed by atoms with E-state index in [0.717, 1.165) is 47.7 Å². The van der Waals surface area contributed by atoms with Crippen molar-refractivity contribution in [1.82, 2.24) is 20.1 Å². The number of pyridine rings is 1. The third-order valence-electron chi connectivity index (χ3n) is 5.67. The lowest BCUT2D eigenvalue weighted by atomic mass is 9.81. The lowest BCUT2D eigenvalue weighted by Gasteiger charge is -2.33. The van der Waals surface area contributed by atoms with Gasteiger partial charge in [0.2, 0.25) is 5.91 Å². The number of hydrogen-bond donors (Lipinski definition) is 1. The Morgan fingerprint density at radius 1 is 1.17 bits per heavy atom. The van der Waals surface area contributed by atoms with E-state index < -0.39 is 5.54 Å². The van der Waals surface area contributed by atoms with E-state index >= 15 is 0 Å². The summed E-state index contributed by atoms with van der Waals surface area (Å²) >= 11 is 0. The Labute approximate surface area is 171 Å². The van der Waals surface area contributed by atoms with Crippen LogP contribution in [0.4, 0.5) is 0 Å². The molecule has 3 aromatic rings. The maximum atomic E-state index is 12.7. The molecule has 1 N–H and O–H groups in total. The minimum Gasteiger partial charge on any atom is -0.340 e. The molecule has 4 rings (SSSR count). The molecule has 148 valence electrons. The first-order valence-corrected chi connectivity index (χ1v) is 10.3. The van der Waals surface area contributed by atoms with Crippen LogP contribution in [0.2, 0.25) is 0 Å². The summed E-state index contributed by atoms with van der Waals surface area (Å²) in [5.41, 5.74) is 1.52. The number of nitrogens with zero attached hydrogens (tertiary/aromatic N) is 3. The Kier molecular flexibility index (Phi) is 5.62. The molecule has 1 aliphatic rings. The molecule has 1 fully saturated rings. The minimum atomic E-state index is -0.453. The second-order valence-corrected chi connectivity index (χ2v) is 7.79. The van der Waals surface area contributed by atoms with E-state index in [4.69, 9.17) is 0 Å². The maximum Gasteiger partial charge on any atom is 0.223 e. The van der Waals surface area contributed by atoms with E-state index in [0.29, 0.717) is 13.0 Å². The number of aryl methyl sites for hydroxylation is 2. The number of carbonyl (C=O) groups excluding carboxylic acids is 1. The number of benzene rings is 1. The first-order chi connectivity index (χ1) is 14.2. The van der Waals surface area contributed by atoms with Gasteiger partial charge >= 0.3 is 0 Å². The van der Waals surface area contributed by atoms with Gasteiger partial charge in [-0.2, -0.15) is 5.10 Å². The molecule has 2 heterocycles. The highest BCUT2D eigenvalue weighted by Gasteiger charge is 2.31. The van der Waals surface area contributed by atoms with Gasteiger partial charge in [0.15, 0.2) is 0 Å². The molecule has 2 aromatic heterocycles. The molecular weight excluding hydrogens is 360 g/mol. The van der Waals surface area contributed by atoms with E-state index in [1.54, 1.807) is 6.20 Å². The molecule has 1 amide bonds. The van der Waals surface area contributed by atoms with Gasteiger partial charge < -0.3 is 5.32 Å². The first-order valence-electron chi connectivity index (χ1n) is 10.3. The predicted octanol–water partition coefficient (Wildman–Crippen LogP) is 4.00. The highest BCUT2D eigenvalue weighted by Crippen LogP contribution is 2.28. The molecular formula is C24H26N4O. The Morgan fingerprint density at radius 3 is 2.79 bits per heavy atom. The van der Waals surface area contributed by atoms with Crippen LogP contribution in [0.3, 0.4) is 0 Å². The summed E-state index contributed by atoms with van der Waals surface area (Å²) in [6, 6.07) is 10.1. The van der Waals surface area contributed by atoms with Crippen LogP contribution in [0.15, 0.2) is 48.9 Å². The van der Waals surface area contributed by atoms with Crippen molar-refractivity contribution in [1.29, 1.82) is 0 Å². The fraction of sp³-hybridized carbons (Fsp3) is 0.375. The van der Waals surface area contributed by atoms with Gasteiger partial charge in [-0.05, 0) is 25.8 Å². The van der Waals surface area contributed by atoms with Gasteiger partial charge in [0.05, 0.1) is 5.56 Å². The van der Waals surface area contributed by atoms with Crippen LogP contribution >= 0.6 is 0 Å². The van der Waals surface area contributed by atoms with Crippen LogP contribution < -0.4 is 5.32 Å². The summed E-state index contributed by atoms with van der Waals surface area (Å²) in [6.45, 7) is 2.58. The van der Waals surface area contributed by atoms with Crippen molar-refractivity contribution in [2.75, 3.05) is 0 Å². The SMILES string of the molecule is Cc1ccnn1CCC(=O)NC1(C#Cc2cncc3ccccc23)CCCCC1. The fourth-order valence-corrected chi connectivity index (χ4v) is 4.01. The smallest absolute Gasteiger partial charge is 0.223 e. The molecule has 29 heavy (non-hydrogen) atoms. The molecule has 0 bridgehead atoms. The zero-order valence-corrected chi connectivity index (χ0v) is 16.8. The largest absolute Gasteiger partial charge is 0.340 e. The van der Waals surface area contributed by atoms with Crippen LogP contribution in [0.25, 0.3) is 10.8 Å². The zero-order valence-electron chi connectivity index (χ0n) is 16.8. The monoisotopic (exact) mass is 386 g/mol. The molecule has 0 spiro atoms. The normalized spacial score (nSPS) is 15.5. The topological polar surface area (TPSA) is 59.8 Å². The molecule has 1 aromatic carbocycles. The van der Waals surface area contributed by atoms with Gasteiger partial charge in [-0.15, -0.1) is 0 Å². The molecule has 0 radical (unpaired) electrons. The van der Waals surface area contributed by atoms with E-state index in [1.807, 2.05) is 48.3 Å². The molecule has 5 heteroatoms. The van der Waals surface area contributed by atoms with Crippen LogP contribution in [0.5, 0.6) is 0 Å². The summed E-state index contributed by atoms with van der Waals surface area (Å²) < 4.78 is 1.86. The van der Waals surface area contributed by atoms with Gasteiger partial charge in [-0.1, -0.05) is 55.4 Å². The van der Waals surface area contributed by atoms with Crippen LogP contribution in [-0.2, 0) is 11.3 Å². The lowest BCUT2D eigenvalue weighted by molar-refractivity contribution is -0.123. The van der Waals surface area contributed by atoms with Crippen molar-refractivity contribution in [3.63, 3.8) is 0 Å². The molecule has 5 nitrogen and oxygen atoms in total. The molecule has 0 unspecified atom stereocenters. The molecule has 0 saturated heterocycles. The number of aromatic nitrogens is 3. The quantitative estimate of drug-likeness (QED) is 0.690. The van der Waals surface area contributed by atoms with E-state index in [9.17, 15) is 4.79 Å². The zero-order chi connectivity index (χ0) is 20.1. The minimum absolute atomic E-state index is 0.0344.